The maximum atomic E-state index is 11.4. The molecule has 8 heteroatoms. The molecule has 0 aliphatic rings. The van der Waals surface area contributed by atoms with Gasteiger partial charge in [-0.15, -0.1) is 0 Å². The highest BCUT2D eigenvalue weighted by Gasteiger charge is 2.19. The first-order valence-electron chi connectivity index (χ1n) is 4.21. The Kier molecular flexibility index (Phi) is 4.03. The third-order valence-electron chi connectivity index (χ3n) is 1.82. The minimum absolute atomic E-state index is 0.0331. The lowest BCUT2D eigenvalue weighted by molar-refractivity contribution is 0.294. The summed E-state index contributed by atoms with van der Waals surface area (Å²) in [4.78, 5) is 13.0. The Bertz CT molecular complexity index is 461. The molecule has 1 rings (SSSR count). The lowest BCUT2D eigenvalue weighted by Gasteiger charge is -2.10. The molecule has 0 aromatic carbocycles. The molecule has 0 radical (unpaired) electrons. The van der Waals surface area contributed by atoms with Gasteiger partial charge in [0.1, 0.15) is 0 Å². The number of aromatic amines is 1. The van der Waals surface area contributed by atoms with E-state index >= 15 is 0 Å². The number of hydrogen-bond donors (Lipinski definition) is 3. The number of rotatable bonds is 5. The van der Waals surface area contributed by atoms with Crippen molar-refractivity contribution in [1.29, 1.82) is 0 Å². The van der Waals surface area contributed by atoms with E-state index in [0.717, 1.165) is 11.3 Å². The fraction of sp³-hybridized carbons (Fsp3) is 0.571. The number of aliphatic hydroxyl groups excluding tert-OH is 1. The molecule has 0 spiro atoms. The van der Waals surface area contributed by atoms with Crippen LogP contribution in [0.5, 0.6) is 0 Å². The number of hydrogen-bond acceptors (Lipinski definition) is 5. The lowest BCUT2D eigenvalue weighted by atomic mass is 10.5. The minimum atomic E-state index is -3.52. The Hall–Kier alpha value is -0.700. The van der Waals surface area contributed by atoms with Crippen LogP contribution < -0.4 is 9.60 Å². The summed E-state index contributed by atoms with van der Waals surface area (Å²) in [6.07, 6.45) is 0. The fourth-order valence-electron chi connectivity index (χ4n) is 0.819. The van der Waals surface area contributed by atoms with Crippen molar-refractivity contribution in [1.82, 2.24) is 9.71 Å². The van der Waals surface area contributed by atoms with Gasteiger partial charge in [-0.3, -0.25) is 4.79 Å². The fourth-order valence-corrected chi connectivity index (χ4v) is 2.24. The number of thiazole rings is 1. The van der Waals surface area contributed by atoms with Crippen LogP contribution in [-0.2, 0) is 16.6 Å². The Morgan fingerprint density at radius 1 is 1.67 bits per heavy atom. The van der Waals surface area contributed by atoms with Crippen LogP contribution in [0, 0.1) is 0 Å². The Morgan fingerprint density at radius 2 is 2.33 bits per heavy atom. The summed E-state index contributed by atoms with van der Waals surface area (Å²) in [5.41, 5.74) is 0.513. The molecule has 1 aromatic heterocycles. The quantitative estimate of drug-likeness (QED) is 0.641. The molecule has 0 saturated heterocycles. The van der Waals surface area contributed by atoms with Gasteiger partial charge in [0.2, 0.25) is 10.0 Å². The van der Waals surface area contributed by atoms with Crippen molar-refractivity contribution in [3.63, 3.8) is 0 Å². The molecule has 86 valence electrons. The lowest BCUT2D eigenvalue weighted by Crippen LogP contribution is -2.34. The number of aliphatic hydroxyl groups is 1. The van der Waals surface area contributed by atoms with Crippen molar-refractivity contribution in [3.05, 3.63) is 20.7 Å². The first-order chi connectivity index (χ1) is 6.95. The maximum absolute atomic E-state index is 11.4. The molecule has 1 aromatic rings. The molecule has 1 unspecified atom stereocenters. The highest BCUT2D eigenvalue weighted by atomic mass is 32.2. The van der Waals surface area contributed by atoms with Gasteiger partial charge in [0.15, 0.2) is 0 Å². The second-order valence-electron chi connectivity index (χ2n) is 3.03. The van der Waals surface area contributed by atoms with Gasteiger partial charge in [0.05, 0.1) is 18.4 Å². The standard InChI is InChI=1S/C7H12N2O4S2/c1-5(3-10)15(12,13)8-2-6-4-14-7(11)9-6/h4-5,8,10H,2-3H2,1H3,(H,9,11). The smallest absolute Gasteiger partial charge is 0.304 e. The molecule has 0 aliphatic heterocycles. The van der Waals surface area contributed by atoms with Gasteiger partial charge in [-0.2, -0.15) is 0 Å². The SMILES string of the molecule is CC(CO)S(=O)(=O)NCc1csc(=O)[nH]1. The van der Waals surface area contributed by atoms with Crippen LogP contribution in [0.2, 0.25) is 0 Å². The summed E-state index contributed by atoms with van der Waals surface area (Å²) in [5.74, 6) is 0. The van der Waals surface area contributed by atoms with E-state index in [1.54, 1.807) is 5.38 Å². The molecule has 0 bridgehead atoms. The Balaban J connectivity index is 2.61. The average Bonchev–Trinajstić information content (AvgIpc) is 2.60. The molecule has 0 saturated carbocycles. The van der Waals surface area contributed by atoms with E-state index in [1.165, 1.54) is 6.92 Å². The predicted molar refractivity (Wildman–Crippen MR) is 57.2 cm³/mol. The van der Waals surface area contributed by atoms with Crippen LogP contribution >= 0.6 is 11.3 Å². The summed E-state index contributed by atoms with van der Waals surface area (Å²) >= 11 is 0.974. The highest BCUT2D eigenvalue weighted by Crippen LogP contribution is 2.00. The molecule has 3 N–H and O–H groups in total. The molecule has 15 heavy (non-hydrogen) atoms. The van der Waals surface area contributed by atoms with Crippen LogP contribution in [0.4, 0.5) is 0 Å². The highest BCUT2D eigenvalue weighted by molar-refractivity contribution is 7.90. The van der Waals surface area contributed by atoms with Crippen molar-refractivity contribution in [3.8, 4) is 0 Å². The molecule has 0 aliphatic carbocycles. The molecule has 1 heterocycles. The number of H-pyrrole nitrogens is 1. The van der Waals surface area contributed by atoms with Gasteiger partial charge in [0, 0.05) is 11.1 Å². The topological polar surface area (TPSA) is 99.3 Å². The normalized spacial score (nSPS) is 14.0. The second-order valence-corrected chi connectivity index (χ2v) is 6.06. The van der Waals surface area contributed by atoms with E-state index in [9.17, 15) is 13.2 Å². The molecule has 0 fully saturated rings. The van der Waals surface area contributed by atoms with E-state index in [1.807, 2.05) is 0 Å². The van der Waals surface area contributed by atoms with E-state index in [2.05, 4.69) is 9.71 Å². The predicted octanol–water partition coefficient (Wildman–Crippen LogP) is -0.763. The third-order valence-corrected chi connectivity index (χ3v) is 4.30. The molecule has 1 atom stereocenters. The summed E-state index contributed by atoms with van der Waals surface area (Å²) in [6, 6.07) is 0. The van der Waals surface area contributed by atoms with Crippen LogP contribution in [0.15, 0.2) is 10.2 Å². The van der Waals surface area contributed by atoms with E-state index < -0.39 is 21.9 Å². The second kappa shape index (κ2) is 4.88. The van der Waals surface area contributed by atoms with Crippen LogP contribution in [0.3, 0.4) is 0 Å². The monoisotopic (exact) mass is 252 g/mol. The molecular weight excluding hydrogens is 240 g/mol. The number of sulfonamides is 1. The number of nitrogens with one attached hydrogen (secondary N) is 2. The number of aromatic nitrogens is 1. The van der Waals surface area contributed by atoms with Gasteiger partial charge in [-0.25, -0.2) is 13.1 Å². The minimum Gasteiger partial charge on any atom is -0.395 e. The van der Waals surface area contributed by atoms with Crippen molar-refractivity contribution in [2.45, 2.75) is 18.7 Å². The summed E-state index contributed by atoms with van der Waals surface area (Å²) in [7, 11) is -3.52. The van der Waals surface area contributed by atoms with Crippen LogP contribution in [0.1, 0.15) is 12.6 Å². The largest absolute Gasteiger partial charge is 0.395 e. The summed E-state index contributed by atoms with van der Waals surface area (Å²) in [5, 5.41) is 9.39. The van der Waals surface area contributed by atoms with Crippen LogP contribution in [0.25, 0.3) is 0 Å². The van der Waals surface area contributed by atoms with Gasteiger partial charge in [0.25, 0.3) is 0 Å². The first-order valence-corrected chi connectivity index (χ1v) is 6.64. The molecule has 6 nitrogen and oxygen atoms in total. The van der Waals surface area contributed by atoms with Crippen LogP contribution in [-0.4, -0.2) is 30.4 Å². The summed E-state index contributed by atoms with van der Waals surface area (Å²) < 4.78 is 25.1. The Morgan fingerprint density at radius 3 is 2.80 bits per heavy atom. The van der Waals surface area contributed by atoms with Crippen molar-refractivity contribution in [2.24, 2.45) is 0 Å². The zero-order valence-electron chi connectivity index (χ0n) is 8.06. The van der Waals surface area contributed by atoms with Gasteiger partial charge in [-0.05, 0) is 6.92 Å². The van der Waals surface area contributed by atoms with Crippen molar-refractivity contribution < 1.29 is 13.5 Å². The maximum Gasteiger partial charge on any atom is 0.304 e. The van der Waals surface area contributed by atoms with Gasteiger partial charge in [-0.1, -0.05) is 11.3 Å². The van der Waals surface area contributed by atoms with E-state index in [-0.39, 0.29) is 11.4 Å². The van der Waals surface area contributed by atoms with E-state index in [4.69, 9.17) is 5.11 Å². The first kappa shape index (κ1) is 12.4. The average molecular weight is 252 g/mol. The third kappa shape index (κ3) is 3.42. The zero-order valence-corrected chi connectivity index (χ0v) is 9.69. The van der Waals surface area contributed by atoms with E-state index in [0.29, 0.717) is 5.69 Å². The van der Waals surface area contributed by atoms with Gasteiger partial charge < -0.3 is 10.1 Å². The summed E-state index contributed by atoms with van der Waals surface area (Å²) in [6.45, 7) is 1.000. The zero-order chi connectivity index (χ0) is 11.5. The molecule has 0 amide bonds. The van der Waals surface area contributed by atoms with Gasteiger partial charge >= 0.3 is 4.87 Å². The van der Waals surface area contributed by atoms with Crippen molar-refractivity contribution in [2.75, 3.05) is 6.61 Å². The molecular formula is C7H12N2O4S2. The Labute approximate surface area is 91.0 Å². The van der Waals surface area contributed by atoms with Crippen molar-refractivity contribution >= 4 is 21.4 Å².